The maximum atomic E-state index is 14.6. The second kappa shape index (κ2) is 7.44. The van der Waals surface area contributed by atoms with E-state index >= 15 is 0 Å². The van der Waals surface area contributed by atoms with Crippen molar-refractivity contribution in [2.45, 2.75) is 26.7 Å². The van der Waals surface area contributed by atoms with E-state index in [0.717, 1.165) is 31.5 Å². The number of rotatable bonds is 3. The molecule has 4 heteroatoms. The first kappa shape index (κ1) is 18.8. The molecular weight excluding hydrogens is 351 g/mol. The fourth-order valence-electron chi connectivity index (χ4n) is 4.16. The maximum absolute atomic E-state index is 14.6. The van der Waals surface area contributed by atoms with Crippen LogP contribution in [0.1, 0.15) is 29.3 Å². The molecule has 3 aromatic rings. The van der Waals surface area contributed by atoms with Crippen molar-refractivity contribution in [3.05, 3.63) is 64.6 Å². The van der Waals surface area contributed by atoms with Crippen LogP contribution in [0.15, 0.2) is 36.4 Å². The fourth-order valence-corrected chi connectivity index (χ4v) is 4.16. The Hall–Kier alpha value is -2.59. The topological polar surface area (TPSA) is 17.4 Å². The maximum Gasteiger partial charge on any atom is 0.134 e. The Morgan fingerprint density at radius 3 is 2.64 bits per heavy atom. The quantitative estimate of drug-likeness (QED) is 0.627. The van der Waals surface area contributed by atoms with Crippen LogP contribution in [0.3, 0.4) is 0 Å². The molecule has 0 unspecified atom stereocenters. The number of fused-ring (bicyclic) bond motifs is 3. The van der Waals surface area contributed by atoms with Crippen molar-refractivity contribution < 1.29 is 9.13 Å². The molecular formula is C24H27FN2O. The van der Waals surface area contributed by atoms with E-state index in [-0.39, 0.29) is 5.82 Å². The van der Waals surface area contributed by atoms with Gasteiger partial charge in [0.05, 0.1) is 12.6 Å². The van der Waals surface area contributed by atoms with Gasteiger partial charge in [0.25, 0.3) is 0 Å². The first-order valence-electron chi connectivity index (χ1n) is 9.81. The predicted octanol–water partition coefficient (Wildman–Crippen LogP) is 5.15. The summed E-state index contributed by atoms with van der Waals surface area (Å²) in [4.78, 5) is 2.38. The summed E-state index contributed by atoms with van der Waals surface area (Å²) < 4.78 is 22.0. The first-order valence-corrected chi connectivity index (χ1v) is 9.81. The van der Waals surface area contributed by atoms with Crippen LogP contribution >= 0.6 is 0 Å². The van der Waals surface area contributed by atoms with Gasteiger partial charge >= 0.3 is 0 Å². The van der Waals surface area contributed by atoms with Crippen molar-refractivity contribution in [2.24, 2.45) is 0 Å². The van der Waals surface area contributed by atoms with Gasteiger partial charge < -0.3 is 14.2 Å². The van der Waals surface area contributed by atoms with Gasteiger partial charge in [-0.25, -0.2) is 4.39 Å². The van der Waals surface area contributed by atoms with E-state index in [0.29, 0.717) is 11.3 Å². The van der Waals surface area contributed by atoms with Gasteiger partial charge in [-0.3, -0.25) is 0 Å². The minimum Gasteiger partial charge on any atom is -0.497 e. The Labute approximate surface area is 166 Å². The second-order valence-electron chi connectivity index (χ2n) is 7.78. The number of likely N-dealkylation sites (N-methyl/N-ethyl adjacent to an activating group) is 1. The number of ether oxygens (including phenoxy) is 1. The summed E-state index contributed by atoms with van der Waals surface area (Å²) in [6.07, 6.45) is 4.13. The number of methoxy groups -OCH3 is 1. The number of halogens is 1. The number of allylic oxidation sites excluding steroid dienone is 1. The number of aromatic nitrogens is 1. The summed E-state index contributed by atoms with van der Waals surface area (Å²) >= 11 is 0. The molecule has 0 bridgehead atoms. The number of hydrogen-bond donors (Lipinski definition) is 0. The lowest BCUT2D eigenvalue weighted by molar-refractivity contribution is 0.351. The molecule has 3 nitrogen and oxygen atoms in total. The summed E-state index contributed by atoms with van der Waals surface area (Å²) in [6, 6.07) is 11.7. The van der Waals surface area contributed by atoms with Crippen molar-refractivity contribution >= 4 is 22.7 Å². The number of aryl methyl sites for hydroxylation is 1. The summed E-state index contributed by atoms with van der Waals surface area (Å²) in [5.74, 6) is 0.277. The second-order valence-corrected chi connectivity index (χ2v) is 7.78. The molecule has 0 N–H and O–H groups in total. The normalized spacial score (nSPS) is 15.5. The molecule has 1 aliphatic rings. The molecule has 0 saturated heterocycles. The van der Waals surface area contributed by atoms with Crippen LogP contribution in [-0.2, 0) is 12.8 Å². The predicted molar refractivity (Wildman–Crippen MR) is 114 cm³/mol. The minimum atomic E-state index is -0.258. The molecule has 0 amide bonds. The third-order valence-electron chi connectivity index (χ3n) is 5.77. The van der Waals surface area contributed by atoms with Crippen LogP contribution in [0.4, 0.5) is 4.39 Å². The number of benzene rings is 2. The fraction of sp³-hybridized carbons (Fsp3) is 0.333. The van der Waals surface area contributed by atoms with E-state index in [1.54, 1.807) is 13.2 Å². The van der Waals surface area contributed by atoms with E-state index < -0.39 is 0 Å². The highest BCUT2D eigenvalue weighted by atomic mass is 19.1. The van der Waals surface area contributed by atoms with E-state index in [2.05, 4.69) is 47.8 Å². The molecule has 0 aliphatic carbocycles. The van der Waals surface area contributed by atoms with Crippen molar-refractivity contribution in [1.29, 1.82) is 0 Å². The third-order valence-corrected chi connectivity index (χ3v) is 5.77. The molecule has 4 rings (SSSR count). The van der Waals surface area contributed by atoms with Gasteiger partial charge in [-0.15, -0.1) is 0 Å². The third kappa shape index (κ3) is 3.33. The van der Waals surface area contributed by atoms with Gasteiger partial charge in [-0.2, -0.15) is 0 Å². The molecule has 0 spiro atoms. The van der Waals surface area contributed by atoms with Crippen molar-refractivity contribution in [1.82, 2.24) is 9.47 Å². The van der Waals surface area contributed by atoms with Crippen LogP contribution in [0.2, 0.25) is 0 Å². The molecule has 28 heavy (non-hydrogen) atoms. The van der Waals surface area contributed by atoms with Gasteiger partial charge in [0.15, 0.2) is 0 Å². The molecule has 1 aliphatic heterocycles. The number of hydrogen-bond acceptors (Lipinski definition) is 2. The zero-order valence-corrected chi connectivity index (χ0v) is 17.1. The zero-order chi connectivity index (χ0) is 19.8. The van der Waals surface area contributed by atoms with Crippen molar-refractivity contribution in [3.63, 3.8) is 0 Å². The molecule has 1 aromatic heterocycles. The highest BCUT2D eigenvalue weighted by Gasteiger charge is 2.20. The summed E-state index contributed by atoms with van der Waals surface area (Å²) in [7, 11) is 3.73. The van der Waals surface area contributed by atoms with E-state index in [4.69, 9.17) is 4.74 Å². The van der Waals surface area contributed by atoms with E-state index in [1.165, 1.54) is 33.8 Å². The molecule has 0 atom stereocenters. The Morgan fingerprint density at radius 2 is 1.89 bits per heavy atom. The average Bonchev–Trinajstić information content (AvgIpc) is 2.81. The summed E-state index contributed by atoms with van der Waals surface area (Å²) in [5.41, 5.74) is 6.76. The molecule has 146 valence electrons. The molecule has 0 fully saturated rings. The lowest BCUT2D eigenvalue weighted by Gasteiger charge is -2.13. The largest absolute Gasteiger partial charge is 0.497 e. The Balaban J connectivity index is 1.87. The van der Waals surface area contributed by atoms with Gasteiger partial charge in [0.2, 0.25) is 0 Å². The van der Waals surface area contributed by atoms with Crippen molar-refractivity contribution in [2.75, 3.05) is 27.2 Å². The highest BCUT2D eigenvalue weighted by molar-refractivity contribution is 5.90. The van der Waals surface area contributed by atoms with Crippen LogP contribution in [-0.4, -0.2) is 36.7 Å². The monoisotopic (exact) mass is 378 g/mol. The van der Waals surface area contributed by atoms with E-state index in [9.17, 15) is 4.39 Å². The summed E-state index contributed by atoms with van der Waals surface area (Å²) in [6.45, 7) is 6.21. The van der Waals surface area contributed by atoms with Crippen LogP contribution in [0, 0.1) is 12.7 Å². The lowest BCUT2D eigenvalue weighted by Crippen LogP contribution is -2.21. The van der Waals surface area contributed by atoms with Crippen LogP contribution in [0.5, 0.6) is 5.75 Å². The summed E-state index contributed by atoms with van der Waals surface area (Å²) in [5, 5.41) is 1.32. The Morgan fingerprint density at radius 1 is 1.11 bits per heavy atom. The lowest BCUT2D eigenvalue weighted by atomic mass is 10.1. The van der Waals surface area contributed by atoms with Gasteiger partial charge in [0.1, 0.15) is 11.6 Å². The number of nitrogens with zero attached hydrogens (tertiary/aromatic N) is 2. The highest BCUT2D eigenvalue weighted by Crippen LogP contribution is 2.32. The van der Waals surface area contributed by atoms with Gasteiger partial charge in [0, 0.05) is 48.4 Å². The van der Waals surface area contributed by atoms with Gasteiger partial charge in [-0.05, 0) is 62.7 Å². The van der Waals surface area contributed by atoms with Gasteiger partial charge in [-0.1, -0.05) is 11.6 Å². The Kier molecular flexibility index (Phi) is 4.98. The molecule has 2 heterocycles. The Bertz CT molecular complexity index is 1060. The van der Waals surface area contributed by atoms with Crippen LogP contribution in [0.25, 0.3) is 22.7 Å². The molecule has 2 aromatic carbocycles. The van der Waals surface area contributed by atoms with Crippen molar-refractivity contribution in [3.8, 4) is 5.75 Å². The average molecular weight is 378 g/mol. The molecule has 0 radical (unpaired) electrons. The smallest absolute Gasteiger partial charge is 0.134 e. The first-order chi connectivity index (χ1) is 13.5. The molecule has 0 saturated carbocycles. The standard InChI is InChI=1S/C24H27FN2O/c1-16-5-8-23-21(13-16)20-9-11-26(3)12-10-24(20)27(23)15-17(2)19-7-6-18(28-4)14-22(19)25/h5-8,13-15H,9-12H2,1-4H3. The zero-order valence-electron chi connectivity index (χ0n) is 17.1. The minimum absolute atomic E-state index is 0.258. The SMILES string of the molecule is COc1ccc(C(C)=Cn2c3c(c4cc(C)ccc42)CCN(C)CC3)c(F)c1. The van der Waals surface area contributed by atoms with Crippen LogP contribution < -0.4 is 4.74 Å². The van der Waals surface area contributed by atoms with E-state index in [1.807, 2.05) is 13.0 Å².